The van der Waals surface area contributed by atoms with Crippen LogP contribution in [0.25, 0.3) is 6.08 Å². The lowest BCUT2D eigenvalue weighted by atomic mass is 10.1. The fourth-order valence-electron chi connectivity index (χ4n) is 1.79. The highest BCUT2D eigenvalue weighted by molar-refractivity contribution is 5.51. The second-order valence-corrected chi connectivity index (χ2v) is 4.56. The van der Waals surface area contributed by atoms with Gasteiger partial charge in [0.25, 0.3) is 0 Å². The van der Waals surface area contributed by atoms with E-state index in [9.17, 15) is 13.2 Å². The number of nitriles is 1. The van der Waals surface area contributed by atoms with Crippen LogP contribution in [0.5, 0.6) is 0 Å². The molecule has 0 heterocycles. The molecule has 0 amide bonds. The maximum absolute atomic E-state index is 12.4. The van der Waals surface area contributed by atoms with Gasteiger partial charge in [0.2, 0.25) is 0 Å². The van der Waals surface area contributed by atoms with Crippen molar-refractivity contribution >= 4 is 6.08 Å². The molecule has 6 heteroatoms. The van der Waals surface area contributed by atoms with Gasteiger partial charge in [0.15, 0.2) is 0 Å². The zero-order valence-electron chi connectivity index (χ0n) is 11.5. The van der Waals surface area contributed by atoms with Gasteiger partial charge in [-0.1, -0.05) is 24.3 Å². The van der Waals surface area contributed by atoms with Crippen molar-refractivity contribution in [3.63, 3.8) is 0 Å². The van der Waals surface area contributed by atoms with E-state index in [4.69, 9.17) is 10.4 Å². The van der Waals surface area contributed by atoms with E-state index in [1.807, 2.05) is 6.07 Å². The first-order chi connectivity index (χ1) is 9.94. The zero-order valence-corrected chi connectivity index (χ0v) is 11.5. The maximum Gasteiger partial charge on any atom is 0.401 e. The van der Waals surface area contributed by atoms with Gasteiger partial charge >= 0.3 is 6.18 Å². The molecule has 0 saturated carbocycles. The van der Waals surface area contributed by atoms with Gasteiger partial charge in [-0.05, 0) is 24.1 Å². The predicted octanol–water partition coefficient (Wildman–Crippen LogP) is 2.82. The van der Waals surface area contributed by atoms with E-state index in [1.54, 1.807) is 36.4 Å². The lowest BCUT2D eigenvalue weighted by Crippen LogP contribution is -2.35. The molecule has 0 bridgehead atoms. The fourth-order valence-corrected chi connectivity index (χ4v) is 1.79. The van der Waals surface area contributed by atoms with Gasteiger partial charge in [0, 0.05) is 19.7 Å². The van der Waals surface area contributed by atoms with Crippen LogP contribution in [0.4, 0.5) is 13.2 Å². The fraction of sp³-hybridized carbons (Fsp3) is 0.400. The molecule has 0 aliphatic carbocycles. The van der Waals surface area contributed by atoms with Gasteiger partial charge < -0.3 is 5.11 Å². The lowest BCUT2D eigenvalue weighted by molar-refractivity contribution is -0.145. The van der Waals surface area contributed by atoms with Gasteiger partial charge in [-0.2, -0.15) is 18.4 Å². The number of rotatable bonds is 7. The molecule has 21 heavy (non-hydrogen) atoms. The van der Waals surface area contributed by atoms with Crippen LogP contribution in [0.1, 0.15) is 17.5 Å². The van der Waals surface area contributed by atoms with Crippen molar-refractivity contribution in [3.05, 3.63) is 41.5 Å². The molecule has 1 rings (SSSR count). The summed E-state index contributed by atoms with van der Waals surface area (Å²) >= 11 is 0. The zero-order chi connectivity index (χ0) is 15.7. The molecule has 0 aromatic heterocycles. The largest absolute Gasteiger partial charge is 0.401 e. The van der Waals surface area contributed by atoms with Crippen molar-refractivity contribution in [1.29, 1.82) is 5.26 Å². The van der Waals surface area contributed by atoms with E-state index in [0.29, 0.717) is 12.0 Å². The second kappa shape index (κ2) is 8.45. The molecule has 0 aliphatic heterocycles. The SMILES string of the molecule is N#Cc1ccc(/C=C/CN(CCCO)CC(F)(F)F)cc1. The highest BCUT2D eigenvalue weighted by Crippen LogP contribution is 2.16. The molecule has 114 valence electrons. The quantitative estimate of drug-likeness (QED) is 0.842. The van der Waals surface area contributed by atoms with E-state index in [-0.39, 0.29) is 19.7 Å². The third kappa shape index (κ3) is 7.49. The monoisotopic (exact) mass is 298 g/mol. The number of alkyl halides is 3. The van der Waals surface area contributed by atoms with E-state index in [0.717, 1.165) is 5.56 Å². The standard InChI is InChI=1S/C15H17F3N2O/c16-15(17,18)12-20(9-2-10-21)8-1-3-13-4-6-14(11-19)7-5-13/h1,3-7,21H,2,8-10,12H2/b3-1+. The van der Waals surface area contributed by atoms with Gasteiger partial charge in [-0.3, -0.25) is 4.90 Å². The summed E-state index contributed by atoms with van der Waals surface area (Å²) < 4.78 is 37.2. The van der Waals surface area contributed by atoms with Crippen LogP contribution in [0.15, 0.2) is 30.3 Å². The van der Waals surface area contributed by atoms with Crippen molar-refractivity contribution in [2.24, 2.45) is 0 Å². The van der Waals surface area contributed by atoms with Crippen molar-refractivity contribution in [3.8, 4) is 6.07 Å². The van der Waals surface area contributed by atoms with Gasteiger partial charge in [-0.15, -0.1) is 0 Å². The first-order valence-corrected chi connectivity index (χ1v) is 6.51. The number of nitrogens with zero attached hydrogens (tertiary/aromatic N) is 2. The van der Waals surface area contributed by atoms with Crippen LogP contribution in [-0.4, -0.2) is 42.4 Å². The minimum Gasteiger partial charge on any atom is -0.396 e. The number of aliphatic hydroxyl groups is 1. The Morgan fingerprint density at radius 1 is 1.24 bits per heavy atom. The van der Waals surface area contributed by atoms with Gasteiger partial charge in [0.05, 0.1) is 18.2 Å². The van der Waals surface area contributed by atoms with Crippen LogP contribution >= 0.6 is 0 Å². The summed E-state index contributed by atoms with van der Waals surface area (Å²) in [4.78, 5) is 1.23. The Labute approximate surface area is 121 Å². The average molecular weight is 298 g/mol. The Hall–Kier alpha value is -1.84. The topological polar surface area (TPSA) is 47.3 Å². The average Bonchev–Trinajstić information content (AvgIpc) is 2.44. The number of halogens is 3. The molecule has 1 aromatic rings. The second-order valence-electron chi connectivity index (χ2n) is 4.56. The molecular weight excluding hydrogens is 281 g/mol. The lowest BCUT2D eigenvalue weighted by Gasteiger charge is -2.21. The van der Waals surface area contributed by atoms with Gasteiger partial charge in [0.1, 0.15) is 0 Å². The van der Waals surface area contributed by atoms with E-state index < -0.39 is 12.7 Å². The van der Waals surface area contributed by atoms with Crippen LogP contribution in [0.3, 0.4) is 0 Å². The Balaban J connectivity index is 2.57. The van der Waals surface area contributed by atoms with Crippen molar-refractivity contribution < 1.29 is 18.3 Å². The Morgan fingerprint density at radius 2 is 1.90 bits per heavy atom. The van der Waals surface area contributed by atoms with E-state index in [1.165, 1.54) is 4.90 Å². The maximum atomic E-state index is 12.4. The molecular formula is C15H17F3N2O. The predicted molar refractivity (Wildman–Crippen MR) is 74.4 cm³/mol. The van der Waals surface area contributed by atoms with E-state index in [2.05, 4.69) is 0 Å². The van der Waals surface area contributed by atoms with Crippen LogP contribution in [0, 0.1) is 11.3 Å². The highest BCUT2D eigenvalue weighted by Gasteiger charge is 2.29. The number of benzene rings is 1. The molecule has 0 atom stereocenters. The molecule has 0 spiro atoms. The summed E-state index contributed by atoms with van der Waals surface area (Å²) in [6, 6.07) is 8.77. The Kier molecular flexibility index (Phi) is 6.92. The smallest absolute Gasteiger partial charge is 0.396 e. The Bertz CT molecular complexity index is 489. The molecule has 0 radical (unpaired) electrons. The van der Waals surface area contributed by atoms with Crippen LogP contribution < -0.4 is 0 Å². The molecule has 1 aromatic carbocycles. The van der Waals surface area contributed by atoms with E-state index >= 15 is 0 Å². The molecule has 0 unspecified atom stereocenters. The van der Waals surface area contributed by atoms with Crippen LogP contribution in [0.2, 0.25) is 0 Å². The minimum absolute atomic E-state index is 0.131. The summed E-state index contributed by atoms with van der Waals surface area (Å²) in [5.41, 5.74) is 1.36. The summed E-state index contributed by atoms with van der Waals surface area (Å²) in [6.45, 7) is -0.786. The summed E-state index contributed by atoms with van der Waals surface area (Å²) in [7, 11) is 0. The minimum atomic E-state index is -4.25. The normalized spacial score (nSPS) is 12.0. The first-order valence-electron chi connectivity index (χ1n) is 6.51. The highest BCUT2D eigenvalue weighted by atomic mass is 19.4. The summed E-state index contributed by atoms with van der Waals surface area (Å²) in [5, 5.41) is 17.4. The van der Waals surface area contributed by atoms with Crippen LogP contribution in [-0.2, 0) is 0 Å². The number of aliphatic hydroxyl groups excluding tert-OH is 1. The molecule has 0 saturated heterocycles. The Morgan fingerprint density at radius 3 is 2.43 bits per heavy atom. The number of hydrogen-bond acceptors (Lipinski definition) is 3. The van der Waals surface area contributed by atoms with Crippen molar-refractivity contribution in [2.75, 3.05) is 26.2 Å². The molecule has 0 aliphatic rings. The summed E-state index contributed by atoms with van der Waals surface area (Å²) in [6.07, 6.45) is -0.591. The summed E-state index contributed by atoms with van der Waals surface area (Å²) in [5.74, 6) is 0. The van der Waals surface area contributed by atoms with Crippen molar-refractivity contribution in [2.45, 2.75) is 12.6 Å². The molecule has 3 nitrogen and oxygen atoms in total. The third-order valence-corrected chi connectivity index (χ3v) is 2.75. The first kappa shape index (κ1) is 17.2. The van der Waals surface area contributed by atoms with Crippen molar-refractivity contribution in [1.82, 2.24) is 4.90 Å². The number of hydrogen-bond donors (Lipinski definition) is 1. The third-order valence-electron chi connectivity index (χ3n) is 2.75. The molecule has 1 N–H and O–H groups in total. The molecule has 0 fully saturated rings. The van der Waals surface area contributed by atoms with Gasteiger partial charge in [-0.25, -0.2) is 0 Å².